The highest BCUT2D eigenvalue weighted by Gasteiger charge is 2.16. The summed E-state index contributed by atoms with van der Waals surface area (Å²) in [5.41, 5.74) is 0. The van der Waals surface area contributed by atoms with E-state index in [1.54, 1.807) is 6.92 Å². The van der Waals surface area contributed by atoms with Crippen molar-refractivity contribution >= 4 is 12.0 Å². The van der Waals surface area contributed by atoms with Crippen LogP contribution in [0.5, 0.6) is 0 Å². The molecule has 16 heavy (non-hydrogen) atoms. The van der Waals surface area contributed by atoms with Gasteiger partial charge in [-0.15, -0.1) is 0 Å². The molecule has 1 aromatic rings. The van der Waals surface area contributed by atoms with Crippen molar-refractivity contribution in [2.45, 2.75) is 25.9 Å². The summed E-state index contributed by atoms with van der Waals surface area (Å²) in [5.74, 6) is -0.597. The second-order valence-corrected chi connectivity index (χ2v) is 3.27. The molecule has 8 heteroatoms. The largest absolute Gasteiger partial charge is 0.480 e. The standard InChI is InChI=1S/C8H13N5O3/c1-4(6-9-3-10-13-6)11-8(16)12-5(2)7(14)15/h3-5H,1-2H3,(H,14,15)(H,9,10,13)(H2,11,12,16)/t4?,5-/m1/s1. The highest BCUT2D eigenvalue weighted by molar-refractivity contribution is 5.82. The maximum atomic E-state index is 11.3. The number of rotatable bonds is 4. The van der Waals surface area contributed by atoms with Crippen molar-refractivity contribution in [2.75, 3.05) is 0 Å². The van der Waals surface area contributed by atoms with Crippen molar-refractivity contribution < 1.29 is 14.7 Å². The van der Waals surface area contributed by atoms with E-state index in [4.69, 9.17) is 5.11 Å². The molecule has 0 aromatic carbocycles. The summed E-state index contributed by atoms with van der Waals surface area (Å²) in [6.07, 6.45) is 1.32. The van der Waals surface area contributed by atoms with Crippen LogP contribution in [-0.2, 0) is 4.79 Å². The molecule has 0 aliphatic heterocycles. The lowest BCUT2D eigenvalue weighted by Gasteiger charge is -2.14. The first-order valence-electron chi connectivity index (χ1n) is 4.65. The molecule has 2 amide bonds. The number of hydrogen-bond acceptors (Lipinski definition) is 4. The molecule has 1 rings (SSSR count). The Hall–Kier alpha value is -2.12. The Labute approximate surface area is 91.5 Å². The quantitative estimate of drug-likeness (QED) is 0.559. The Kier molecular flexibility index (Phi) is 3.81. The zero-order chi connectivity index (χ0) is 12.1. The molecule has 0 saturated carbocycles. The van der Waals surface area contributed by atoms with E-state index in [-0.39, 0.29) is 6.04 Å². The topological polar surface area (TPSA) is 120 Å². The number of urea groups is 1. The van der Waals surface area contributed by atoms with Gasteiger partial charge in [0.05, 0.1) is 6.04 Å². The summed E-state index contributed by atoms with van der Waals surface area (Å²) in [7, 11) is 0. The average Bonchev–Trinajstić information content (AvgIpc) is 2.69. The van der Waals surface area contributed by atoms with Gasteiger partial charge in [0, 0.05) is 0 Å². The lowest BCUT2D eigenvalue weighted by molar-refractivity contribution is -0.138. The third-order valence-corrected chi connectivity index (χ3v) is 1.91. The number of carboxylic acid groups (broad SMARTS) is 1. The van der Waals surface area contributed by atoms with Crippen molar-refractivity contribution in [3.8, 4) is 0 Å². The first-order chi connectivity index (χ1) is 7.50. The number of carbonyl (C=O) groups excluding carboxylic acids is 1. The van der Waals surface area contributed by atoms with Crippen LogP contribution in [0.15, 0.2) is 6.33 Å². The van der Waals surface area contributed by atoms with E-state index >= 15 is 0 Å². The molecular weight excluding hydrogens is 214 g/mol. The van der Waals surface area contributed by atoms with E-state index < -0.39 is 18.0 Å². The fourth-order valence-electron chi connectivity index (χ4n) is 0.989. The number of hydrogen-bond donors (Lipinski definition) is 4. The van der Waals surface area contributed by atoms with Gasteiger partial charge in [-0.25, -0.2) is 9.78 Å². The molecule has 0 aliphatic rings. The molecule has 1 aromatic heterocycles. The maximum Gasteiger partial charge on any atom is 0.325 e. The number of nitrogens with zero attached hydrogens (tertiary/aromatic N) is 2. The zero-order valence-electron chi connectivity index (χ0n) is 8.89. The van der Waals surface area contributed by atoms with Gasteiger partial charge >= 0.3 is 12.0 Å². The maximum absolute atomic E-state index is 11.3. The number of aromatic nitrogens is 3. The van der Waals surface area contributed by atoms with E-state index in [1.165, 1.54) is 13.3 Å². The molecule has 8 nitrogen and oxygen atoms in total. The molecule has 1 unspecified atom stereocenters. The van der Waals surface area contributed by atoms with Gasteiger partial charge in [-0.05, 0) is 13.8 Å². The van der Waals surface area contributed by atoms with Gasteiger partial charge in [0.2, 0.25) is 0 Å². The van der Waals surface area contributed by atoms with Crippen LogP contribution in [0.1, 0.15) is 25.7 Å². The first kappa shape index (κ1) is 12.0. The molecule has 0 fully saturated rings. The van der Waals surface area contributed by atoms with Crippen LogP contribution in [0.2, 0.25) is 0 Å². The van der Waals surface area contributed by atoms with Gasteiger partial charge in [0.1, 0.15) is 18.2 Å². The van der Waals surface area contributed by atoms with Crippen molar-refractivity contribution in [2.24, 2.45) is 0 Å². The minimum Gasteiger partial charge on any atom is -0.480 e. The number of carboxylic acids is 1. The number of aliphatic carboxylic acids is 1. The van der Waals surface area contributed by atoms with Crippen molar-refractivity contribution in [1.29, 1.82) is 0 Å². The average molecular weight is 227 g/mol. The van der Waals surface area contributed by atoms with Crippen LogP contribution in [0.25, 0.3) is 0 Å². The molecule has 0 saturated heterocycles. The van der Waals surface area contributed by atoms with E-state index in [0.29, 0.717) is 5.82 Å². The molecule has 0 bridgehead atoms. The van der Waals surface area contributed by atoms with Gasteiger partial charge < -0.3 is 15.7 Å². The van der Waals surface area contributed by atoms with Crippen LogP contribution in [-0.4, -0.2) is 38.3 Å². The van der Waals surface area contributed by atoms with Gasteiger partial charge in [-0.1, -0.05) is 0 Å². The SMILES string of the molecule is CC(NC(=O)N[C@H](C)C(=O)O)c1ncn[nH]1. The lowest BCUT2D eigenvalue weighted by Crippen LogP contribution is -2.45. The molecule has 4 N–H and O–H groups in total. The zero-order valence-corrected chi connectivity index (χ0v) is 8.89. The highest BCUT2D eigenvalue weighted by Crippen LogP contribution is 2.03. The fourth-order valence-corrected chi connectivity index (χ4v) is 0.989. The summed E-state index contributed by atoms with van der Waals surface area (Å²) >= 11 is 0. The van der Waals surface area contributed by atoms with E-state index in [2.05, 4.69) is 25.8 Å². The van der Waals surface area contributed by atoms with Crippen LogP contribution in [0.3, 0.4) is 0 Å². The Balaban J connectivity index is 2.43. The predicted octanol–water partition coefficient (Wildman–Crippen LogP) is -0.362. The second kappa shape index (κ2) is 5.10. The van der Waals surface area contributed by atoms with Gasteiger partial charge in [0.15, 0.2) is 0 Å². The van der Waals surface area contributed by atoms with Gasteiger partial charge in [-0.2, -0.15) is 5.10 Å². The summed E-state index contributed by atoms with van der Waals surface area (Å²) in [6, 6.07) is -1.88. The predicted molar refractivity (Wildman–Crippen MR) is 53.6 cm³/mol. The van der Waals surface area contributed by atoms with Crippen molar-refractivity contribution in [1.82, 2.24) is 25.8 Å². The number of H-pyrrole nitrogens is 1. The monoisotopic (exact) mass is 227 g/mol. The first-order valence-corrected chi connectivity index (χ1v) is 4.65. The van der Waals surface area contributed by atoms with E-state index in [1.807, 2.05) is 0 Å². The van der Waals surface area contributed by atoms with Crippen molar-refractivity contribution in [3.63, 3.8) is 0 Å². The van der Waals surface area contributed by atoms with Crippen LogP contribution >= 0.6 is 0 Å². The summed E-state index contributed by atoms with van der Waals surface area (Å²) in [4.78, 5) is 25.7. The van der Waals surface area contributed by atoms with Crippen LogP contribution in [0, 0.1) is 0 Å². The van der Waals surface area contributed by atoms with Crippen molar-refractivity contribution in [3.05, 3.63) is 12.2 Å². The Morgan fingerprint density at radius 1 is 1.44 bits per heavy atom. The van der Waals surface area contributed by atoms with Crippen LogP contribution < -0.4 is 10.6 Å². The summed E-state index contributed by atoms with van der Waals surface area (Å²) in [5, 5.41) is 19.6. The molecular formula is C8H13N5O3. The summed E-state index contributed by atoms with van der Waals surface area (Å²) in [6.45, 7) is 3.08. The minimum absolute atomic E-state index is 0.372. The summed E-state index contributed by atoms with van der Waals surface area (Å²) < 4.78 is 0. The number of carbonyl (C=O) groups is 2. The van der Waals surface area contributed by atoms with Gasteiger partial charge in [0.25, 0.3) is 0 Å². The third-order valence-electron chi connectivity index (χ3n) is 1.91. The Morgan fingerprint density at radius 2 is 2.12 bits per heavy atom. The minimum atomic E-state index is -1.09. The molecule has 1 heterocycles. The molecule has 88 valence electrons. The number of aromatic amines is 1. The fraction of sp³-hybridized carbons (Fsp3) is 0.500. The highest BCUT2D eigenvalue weighted by atomic mass is 16.4. The third kappa shape index (κ3) is 3.23. The van der Waals surface area contributed by atoms with Crippen LogP contribution in [0.4, 0.5) is 4.79 Å². The Bertz CT molecular complexity index is 364. The van der Waals surface area contributed by atoms with E-state index in [9.17, 15) is 9.59 Å². The van der Waals surface area contributed by atoms with Gasteiger partial charge in [-0.3, -0.25) is 9.89 Å². The second-order valence-electron chi connectivity index (χ2n) is 3.27. The lowest BCUT2D eigenvalue weighted by atomic mass is 10.3. The van der Waals surface area contributed by atoms with E-state index in [0.717, 1.165) is 0 Å². The number of nitrogens with one attached hydrogen (secondary N) is 3. The molecule has 0 aliphatic carbocycles. The molecule has 0 spiro atoms. The normalized spacial score (nSPS) is 13.9. The number of amides is 2. The molecule has 2 atom stereocenters. The molecule has 0 radical (unpaired) electrons. The smallest absolute Gasteiger partial charge is 0.325 e. The Morgan fingerprint density at radius 3 is 2.62 bits per heavy atom.